The Morgan fingerprint density at radius 3 is 2.86 bits per heavy atom. The van der Waals surface area contributed by atoms with Gasteiger partial charge in [0.1, 0.15) is 6.26 Å². The van der Waals surface area contributed by atoms with Crippen LogP contribution in [0, 0.1) is 0 Å². The number of H-pyrrole nitrogens is 1. The van der Waals surface area contributed by atoms with Gasteiger partial charge in [0.25, 0.3) is 5.91 Å². The summed E-state index contributed by atoms with van der Waals surface area (Å²) < 4.78 is 5.00. The summed E-state index contributed by atoms with van der Waals surface area (Å²) in [5.41, 5.74) is 3.84. The summed E-state index contributed by atoms with van der Waals surface area (Å²) in [6.45, 7) is 6.94. The average Bonchev–Trinajstić information content (AvgIpc) is 3.38. The molecule has 1 aliphatic heterocycles. The fourth-order valence-electron chi connectivity index (χ4n) is 4.41. The molecule has 3 aromatic rings. The van der Waals surface area contributed by atoms with Crippen LogP contribution >= 0.6 is 0 Å². The van der Waals surface area contributed by atoms with E-state index in [1.54, 1.807) is 6.07 Å². The summed E-state index contributed by atoms with van der Waals surface area (Å²) in [6.07, 6.45) is 10.0. The van der Waals surface area contributed by atoms with Gasteiger partial charge in [-0.25, -0.2) is 0 Å². The van der Waals surface area contributed by atoms with Crippen molar-refractivity contribution in [3.05, 3.63) is 54.1 Å². The van der Waals surface area contributed by atoms with E-state index in [2.05, 4.69) is 41.3 Å². The summed E-state index contributed by atoms with van der Waals surface area (Å²) in [6, 6.07) is 8.42. The Labute approximate surface area is 166 Å². The molecular weight excluding hydrogens is 350 g/mol. The minimum Gasteiger partial charge on any atom is -0.472 e. The summed E-state index contributed by atoms with van der Waals surface area (Å²) in [5, 5.41) is 4.18. The van der Waals surface area contributed by atoms with Crippen molar-refractivity contribution < 1.29 is 9.21 Å². The first-order valence-corrected chi connectivity index (χ1v) is 10.3. The summed E-state index contributed by atoms with van der Waals surface area (Å²) in [7, 11) is 0. The topological polar surface area (TPSA) is 61.3 Å². The smallest absolute Gasteiger partial charge is 0.258 e. The molecule has 1 aromatic carbocycles. The number of fused-ring (bicyclic) bond motifs is 1. The zero-order chi connectivity index (χ0) is 19.5. The highest BCUT2D eigenvalue weighted by molar-refractivity contribution is 6.05. The number of nitrogens with one attached hydrogen (secondary N) is 2. The number of carbonyl (C=O) groups excluding carboxylic acids is 1. The highest BCUT2D eigenvalue weighted by atomic mass is 16.3. The molecule has 4 rings (SSSR count). The van der Waals surface area contributed by atoms with Crippen LogP contribution in [0.4, 0.5) is 5.69 Å². The first kappa shape index (κ1) is 18.8. The summed E-state index contributed by atoms with van der Waals surface area (Å²) in [4.78, 5) is 18.3. The van der Waals surface area contributed by atoms with Crippen molar-refractivity contribution in [1.82, 2.24) is 9.88 Å². The van der Waals surface area contributed by atoms with Gasteiger partial charge in [0.15, 0.2) is 0 Å². The van der Waals surface area contributed by atoms with Gasteiger partial charge in [-0.05, 0) is 75.0 Å². The van der Waals surface area contributed by atoms with Gasteiger partial charge in [-0.3, -0.25) is 4.79 Å². The molecule has 0 saturated carbocycles. The molecule has 1 saturated heterocycles. The maximum absolute atomic E-state index is 12.3. The molecule has 28 heavy (non-hydrogen) atoms. The Morgan fingerprint density at radius 1 is 1.32 bits per heavy atom. The van der Waals surface area contributed by atoms with Crippen molar-refractivity contribution in [2.45, 2.75) is 51.5 Å². The number of aromatic amines is 1. The van der Waals surface area contributed by atoms with E-state index in [-0.39, 0.29) is 5.91 Å². The first-order chi connectivity index (χ1) is 13.7. The number of aromatic nitrogens is 1. The van der Waals surface area contributed by atoms with Crippen LogP contribution in [0.5, 0.6) is 0 Å². The van der Waals surface area contributed by atoms with Gasteiger partial charge in [0.2, 0.25) is 0 Å². The van der Waals surface area contributed by atoms with Crippen molar-refractivity contribution >= 4 is 22.5 Å². The number of benzene rings is 1. The SMILES string of the molecule is CCCC(C)N1CCC(c2c[nH]c3ccc(NC(=O)c4ccoc4)cc23)CC1. The van der Waals surface area contributed by atoms with E-state index in [9.17, 15) is 4.79 Å². The molecule has 0 bridgehead atoms. The number of carbonyl (C=O) groups is 1. The van der Waals surface area contributed by atoms with Gasteiger partial charge in [-0.1, -0.05) is 13.3 Å². The molecule has 1 unspecified atom stereocenters. The lowest BCUT2D eigenvalue weighted by Gasteiger charge is -2.36. The molecule has 1 fully saturated rings. The second-order valence-corrected chi connectivity index (χ2v) is 7.92. The van der Waals surface area contributed by atoms with E-state index in [0.29, 0.717) is 17.5 Å². The molecule has 5 heteroatoms. The Bertz CT molecular complexity index is 921. The minimum atomic E-state index is -0.150. The highest BCUT2D eigenvalue weighted by Gasteiger charge is 2.25. The Kier molecular flexibility index (Phi) is 5.53. The first-order valence-electron chi connectivity index (χ1n) is 10.3. The standard InChI is InChI=1S/C23H29N3O2/c1-3-4-16(2)26-10-7-17(8-11-26)21-14-24-22-6-5-19(13-20(21)22)25-23(27)18-9-12-28-15-18/h5-6,9,12-17,24H,3-4,7-8,10-11H2,1-2H3,(H,25,27). The van der Waals surface area contributed by atoms with Crippen LogP contribution < -0.4 is 5.32 Å². The highest BCUT2D eigenvalue weighted by Crippen LogP contribution is 2.35. The van der Waals surface area contributed by atoms with E-state index < -0.39 is 0 Å². The lowest BCUT2D eigenvalue weighted by atomic mass is 9.88. The molecule has 0 radical (unpaired) electrons. The van der Waals surface area contributed by atoms with Crippen molar-refractivity contribution in [3.63, 3.8) is 0 Å². The van der Waals surface area contributed by atoms with Crippen LogP contribution in [0.15, 0.2) is 47.4 Å². The molecule has 148 valence electrons. The molecule has 1 aliphatic rings. The van der Waals surface area contributed by atoms with Crippen molar-refractivity contribution in [1.29, 1.82) is 0 Å². The summed E-state index contributed by atoms with van der Waals surface area (Å²) in [5.74, 6) is 0.419. The predicted octanol–water partition coefficient (Wildman–Crippen LogP) is 5.38. The predicted molar refractivity (Wildman–Crippen MR) is 113 cm³/mol. The third kappa shape index (κ3) is 3.85. The molecule has 1 amide bonds. The lowest BCUT2D eigenvalue weighted by molar-refractivity contribution is 0.102. The summed E-state index contributed by atoms with van der Waals surface area (Å²) >= 11 is 0. The number of amides is 1. The van der Waals surface area contributed by atoms with Crippen LogP contribution in [0.3, 0.4) is 0 Å². The number of rotatable bonds is 6. The number of likely N-dealkylation sites (tertiary alicyclic amines) is 1. The quantitative estimate of drug-likeness (QED) is 0.604. The fraction of sp³-hybridized carbons (Fsp3) is 0.435. The number of piperidine rings is 1. The van der Waals surface area contributed by atoms with E-state index in [1.807, 2.05) is 12.1 Å². The second kappa shape index (κ2) is 8.23. The monoisotopic (exact) mass is 379 g/mol. The molecule has 1 atom stereocenters. The van der Waals surface area contributed by atoms with E-state index in [0.717, 1.165) is 24.3 Å². The van der Waals surface area contributed by atoms with Crippen LogP contribution in [0.25, 0.3) is 10.9 Å². The molecule has 0 spiro atoms. The number of nitrogens with zero attached hydrogens (tertiary/aromatic N) is 1. The van der Waals surface area contributed by atoms with Crippen molar-refractivity contribution in [2.24, 2.45) is 0 Å². The second-order valence-electron chi connectivity index (χ2n) is 7.92. The number of furan rings is 1. The molecule has 0 aliphatic carbocycles. The normalized spacial score (nSPS) is 17.1. The minimum absolute atomic E-state index is 0.150. The van der Waals surface area contributed by atoms with Gasteiger partial charge in [0, 0.05) is 28.8 Å². The van der Waals surface area contributed by atoms with Gasteiger partial charge in [0.05, 0.1) is 11.8 Å². The van der Waals surface area contributed by atoms with Gasteiger partial charge in [-0.15, -0.1) is 0 Å². The zero-order valence-electron chi connectivity index (χ0n) is 16.7. The fourth-order valence-corrected chi connectivity index (χ4v) is 4.41. The Hall–Kier alpha value is -2.53. The largest absolute Gasteiger partial charge is 0.472 e. The molecule has 2 N–H and O–H groups in total. The van der Waals surface area contributed by atoms with Crippen LogP contribution in [-0.4, -0.2) is 34.9 Å². The maximum atomic E-state index is 12.3. The number of hydrogen-bond acceptors (Lipinski definition) is 3. The zero-order valence-corrected chi connectivity index (χ0v) is 16.7. The van der Waals surface area contributed by atoms with Gasteiger partial charge >= 0.3 is 0 Å². The lowest BCUT2D eigenvalue weighted by Crippen LogP contribution is -2.39. The molecule has 3 heterocycles. The van der Waals surface area contributed by atoms with Gasteiger partial charge in [-0.2, -0.15) is 0 Å². The van der Waals surface area contributed by atoms with E-state index in [4.69, 9.17) is 4.42 Å². The Morgan fingerprint density at radius 2 is 2.14 bits per heavy atom. The van der Waals surface area contributed by atoms with Crippen molar-refractivity contribution in [3.8, 4) is 0 Å². The molecule has 2 aromatic heterocycles. The van der Waals surface area contributed by atoms with Crippen LogP contribution in [-0.2, 0) is 0 Å². The van der Waals surface area contributed by atoms with Crippen molar-refractivity contribution in [2.75, 3.05) is 18.4 Å². The number of hydrogen-bond donors (Lipinski definition) is 2. The number of anilines is 1. The molecule has 5 nitrogen and oxygen atoms in total. The van der Waals surface area contributed by atoms with E-state index in [1.165, 1.54) is 49.2 Å². The van der Waals surface area contributed by atoms with Crippen LogP contribution in [0.1, 0.15) is 61.4 Å². The van der Waals surface area contributed by atoms with Gasteiger partial charge < -0.3 is 19.6 Å². The van der Waals surface area contributed by atoms with E-state index >= 15 is 0 Å². The molecular formula is C23H29N3O2. The average molecular weight is 380 g/mol. The third-order valence-corrected chi connectivity index (χ3v) is 6.05. The third-order valence-electron chi connectivity index (χ3n) is 6.05. The Balaban J connectivity index is 1.48. The maximum Gasteiger partial charge on any atom is 0.258 e. The van der Waals surface area contributed by atoms with Crippen LogP contribution in [0.2, 0.25) is 0 Å².